The average Bonchev–Trinajstić information content (AvgIpc) is 2.65. The SMILES string of the molecule is CC(Oc1ccccc1Br)C(=O)N/N=C/c1coc2ccccc2c1=O. The van der Waals surface area contributed by atoms with Crippen LogP contribution in [-0.4, -0.2) is 18.2 Å². The second-order valence-corrected chi connectivity index (χ2v) is 6.30. The van der Waals surface area contributed by atoms with Gasteiger partial charge in [-0.25, -0.2) is 5.43 Å². The van der Waals surface area contributed by atoms with Gasteiger partial charge in [0.05, 0.1) is 21.6 Å². The van der Waals surface area contributed by atoms with E-state index in [0.717, 1.165) is 4.47 Å². The number of hydrazone groups is 1. The van der Waals surface area contributed by atoms with Gasteiger partial charge in [0.15, 0.2) is 6.10 Å². The second kappa shape index (κ2) is 7.97. The van der Waals surface area contributed by atoms with Crippen LogP contribution in [0.4, 0.5) is 0 Å². The highest BCUT2D eigenvalue weighted by Gasteiger charge is 2.15. The number of hydrogen-bond donors (Lipinski definition) is 1. The van der Waals surface area contributed by atoms with Crippen molar-refractivity contribution < 1.29 is 13.9 Å². The van der Waals surface area contributed by atoms with E-state index in [4.69, 9.17) is 9.15 Å². The Bertz CT molecular complexity index is 1030. The fraction of sp³-hybridized carbons (Fsp3) is 0.105. The van der Waals surface area contributed by atoms with E-state index in [1.165, 1.54) is 12.5 Å². The monoisotopic (exact) mass is 414 g/mol. The van der Waals surface area contributed by atoms with Crippen LogP contribution in [0.15, 0.2) is 73.6 Å². The number of rotatable bonds is 5. The van der Waals surface area contributed by atoms with Crippen LogP contribution in [0.25, 0.3) is 11.0 Å². The number of nitrogens with one attached hydrogen (secondary N) is 1. The molecule has 0 aliphatic heterocycles. The molecular weight excluding hydrogens is 400 g/mol. The predicted octanol–water partition coefficient (Wildman–Crippen LogP) is 3.47. The Labute approximate surface area is 157 Å². The fourth-order valence-corrected chi connectivity index (χ4v) is 2.60. The largest absolute Gasteiger partial charge is 0.480 e. The summed E-state index contributed by atoms with van der Waals surface area (Å²) in [4.78, 5) is 24.4. The van der Waals surface area contributed by atoms with Gasteiger partial charge in [0.1, 0.15) is 17.6 Å². The molecule has 0 bridgehead atoms. The number of fused-ring (bicyclic) bond motifs is 1. The zero-order chi connectivity index (χ0) is 18.5. The quantitative estimate of drug-likeness (QED) is 0.511. The van der Waals surface area contributed by atoms with Crippen LogP contribution >= 0.6 is 15.9 Å². The lowest BCUT2D eigenvalue weighted by atomic mass is 10.2. The molecule has 1 heterocycles. The molecule has 0 saturated heterocycles. The number of carbonyl (C=O) groups is 1. The van der Waals surface area contributed by atoms with Crippen LogP contribution in [0.3, 0.4) is 0 Å². The van der Waals surface area contributed by atoms with E-state index in [1.54, 1.807) is 37.3 Å². The first-order chi connectivity index (χ1) is 12.6. The van der Waals surface area contributed by atoms with Crippen LogP contribution in [0.2, 0.25) is 0 Å². The normalized spacial score (nSPS) is 12.2. The van der Waals surface area contributed by atoms with Gasteiger partial charge < -0.3 is 9.15 Å². The van der Waals surface area contributed by atoms with Crippen LogP contribution < -0.4 is 15.6 Å². The number of benzene rings is 2. The molecule has 3 rings (SSSR count). The van der Waals surface area contributed by atoms with Crippen molar-refractivity contribution in [2.75, 3.05) is 0 Å². The molecule has 1 unspecified atom stereocenters. The summed E-state index contributed by atoms with van der Waals surface area (Å²) in [5.74, 6) is 0.108. The number of ether oxygens (including phenoxy) is 1. The van der Waals surface area contributed by atoms with Crippen molar-refractivity contribution in [2.24, 2.45) is 5.10 Å². The highest BCUT2D eigenvalue weighted by atomic mass is 79.9. The first kappa shape index (κ1) is 17.9. The maximum atomic E-state index is 12.3. The molecule has 0 radical (unpaired) electrons. The van der Waals surface area contributed by atoms with Gasteiger partial charge in [-0.2, -0.15) is 5.10 Å². The average molecular weight is 415 g/mol. The van der Waals surface area contributed by atoms with E-state index >= 15 is 0 Å². The summed E-state index contributed by atoms with van der Waals surface area (Å²) < 4.78 is 11.7. The molecule has 0 fully saturated rings. The Kier molecular flexibility index (Phi) is 5.48. The van der Waals surface area contributed by atoms with Gasteiger partial charge in [-0.15, -0.1) is 0 Å². The lowest BCUT2D eigenvalue weighted by Crippen LogP contribution is -2.33. The number of carbonyl (C=O) groups excluding carboxylic acids is 1. The first-order valence-corrected chi connectivity index (χ1v) is 8.60. The van der Waals surface area contributed by atoms with Crippen molar-refractivity contribution in [1.29, 1.82) is 0 Å². The first-order valence-electron chi connectivity index (χ1n) is 7.81. The van der Waals surface area contributed by atoms with Gasteiger partial charge in [-0.3, -0.25) is 9.59 Å². The summed E-state index contributed by atoms with van der Waals surface area (Å²) >= 11 is 3.35. The third-order valence-corrected chi connectivity index (χ3v) is 4.25. The lowest BCUT2D eigenvalue weighted by Gasteiger charge is -2.13. The number of para-hydroxylation sites is 2. The maximum Gasteiger partial charge on any atom is 0.280 e. The second-order valence-electron chi connectivity index (χ2n) is 5.44. The molecule has 26 heavy (non-hydrogen) atoms. The van der Waals surface area contributed by atoms with Crippen LogP contribution in [-0.2, 0) is 4.79 Å². The Morgan fingerprint density at radius 2 is 1.96 bits per heavy atom. The highest BCUT2D eigenvalue weighted by Crippen LogP contribution is 2.24. The van der Waals surface area contributed by atoms with Gasteiger partial charge in [-0.05, 0) is 47.1 Å². The summed E-state index contributed by atoms with van der Waals surface area (Å²) in [5.41, 5.74) is 2.87. The summed E-state index contributed by atoms with van der Waals surface area (Å²) in [6, 6.07) is 14.1. The Morgan fingerprint density at radius 3 is 2.77 bits per heavy atom. The van der Waals surface area contributed by atoms with E-state index < -0.39 is 12.0 Å². The van der Waals surface area contributed by atoms with Crippen LogP contribution in [0.5, 0.6) is 5.75 Å². The van der Waals surface area contributed by atoms with E-state index in [1.807, 2.05) is 18.2 Å². The van der Waals surface area contributed by atoms with Crippen molar-refractivity contribution >= 4 is 39.0 Å². The number of hydrogen-bond acceptors (Lipinski definition) is 5. The third-order valence-electron chi connectivity index (χ3n) is 3.59. The topological polar surface area (TPSA) is 80.9 Å². The molecule has 0 spiro atoms. The molecule has 7 heteroatoms. The van der Waals surface area contributed by atoms with Crippen molar-refractivity contribution in [3.05, 3.63) is 75.1 Å². The molecule has 0 saturated carbocycles. The zero-order valence-electron chi connectivity index (χ0n) is 13.8. The van der Waals surface area contributed by atoms with E-state index in [0.29, 0.717) is 16.7 Å². The Balaban J connectivity index is 1.66. The summed E-state index contributed by atoms with van der Waals surface area (Å²) in [5, 5.41) is 4.27. The minimum atomic E-state index is -0.765. The molecule has 1 atom stereocenters. The standard InChI is InChI=1S/C19H15BrN2O4/c1-12(26-17-9-5-3-7-15(17)20)19(24)22-21-10-13-11-25-16-8-4-2-6-14(16)18(13)23/h2-12H,1H3,(H,22,24)/b21-10+. The number of halogens is 1. The Hall–Kier alpha value is -2.93. The lowest BCUT2D eigenvalue weighted by molar-refractivity contribution is -0.127. The smallest absolute Gasteiger partial charge is 0.280 e. The van der Waals surface area contributed by atoms with Gasteiger partial charge >= 0.3 is 0 Å². The van der Waals surface area contributed by atoms with Crippen molar-refractivity contribution in [3.63, 3.8) is 0 Å². The molecule has 3 aromatic rings. The highest BCUT2D eigenvalue weighted by molar-refractivity contribution is 9.10. The summed E-state index contributed by atoms with van der Waals surface area (Å²) in [6.45, 7) is 1.61. The minimum Gasteiger partial charge on any atom is -0.480 e. The fourth-order valence-electron chi connectivity index (χ4n) is 2.22. The molecule has 6 nitrogen and oxygen atoms in total. The van der Waals surface area contributed by atoms with Gasteiger partial charge in [0, 0.05) is 0 Å². The molecule has 2 aromatic carbocycles. The molecule has 1 aromatic heterocycles. The maximum absolute atomic E-state index is 12.3. The molecular formula is C19H15BrN2O4. The van der Waals surface area contributed by atoms with E-state index in [-0.39, 0.29) is 11.0 Å². The van der Waals surface area contributed by atoms with Crippen LogP contribution in [0.1, 0.15) is 12.5 Å². The van der Waals surface area contributed by atoms with E-state index in [2.05, 4.69) is 26.5 Å². The Morgan fingerprint density at radius 1 is 1.23 bits per heavy atom. The molecule has 1 amide bonds. The van der Waals surface area contributed by atoms with Crippen molar-refractivity contribution in [3.8, 4) is 5.75 Å². The zero-order valence-corrected chi connectivity index (χ0v) is 15.4. The summed E-state index contributed by atoms with van der Waals surface area (Å²) in [6.07, 6.45) is 1.79. The van der Waals surface area contributed by atoms with Gasteiger partial charge in [0.2, 0.25) is 5.43 Å². The predicted molar refractivity (Wildman–Crippen MR) is 102 cm³/mol. The number of nitrogens with zero attached hydrogens (tertiary/aromatic N) is 1. The van der Waals surface area contributed by atoms with Gasteiger partial charge in [0.25, 0.3) is 5.91 Å². The molecule has 132 valence electrons. The summed E-state index contributed by atoms with van der Waals surface area (Å²) in [7, 11) is 0. The molecule has 0 aliphatic rings. The van der Waals surface area contributed by atoms with Gasteiger partial charge in [-0.1, -0.05) is 24.3 Å². The molecule has 1 N–H and O–H groups in total. The van der Waals surface area contributed by atoms with Crippen LogP contribution in [0, 0.1) is 0 Å². The van der Waals surface area contributed by atoms with Crippen molar-refractivity contribution in [2.45, 2.75) is 13.0 Å². The third kappa shape index (κ3) is 4.00. The molecule has 0 aliphatic carbocycles. The van der Waals surface area contributed by atoms with Crippen molar-refractivity contribution in [1.82, 2.24) is 5.43 Å². The number of amides is 1. The van der Waals surface area contributed by atoms with E-state index in [9.17, 15) is 9.59 Å². The minimum absolute atomic E-state index is 0.220.